The van der Waals surface area contributed by atoms with Crippen LogP contribution in [-0.4, -0.2) is 75.5 Å². The Morgan fingerprint density at radius 1 is 0.775 bits per heavy atom. The summed E-state index contributed by atoms with van der Waals surface area (Å²) in [6.45, 7) is 4.41. The van der Waals surface area contributed by atoms with Crippen LogP contribution < -0.4 is 5.11 Å². The van der Waals surface area contributed by atoms with E-state index in [0.717, 1.165) is 44.9 Å². The van der Waals surface area contributed by atoms with Crippen LogP contribution in [0, 0.1) is 0 Å². The SMILES string of the molecule is CC/C=C/C/C=C/CCCCC(=O)OC(COCCC(C(=O)[O-])[N+](C)(C)C)COC(=O)CCCCCCCCC. The van der Waals surface area contributed by atoms with Crippen molar-refractivity contribution in [3.8, 4) is 0 Å². The summed E-state index contributed by atoms with van der Waals surface area (Å²) in [4.78, 5) is 36.2. The lowest BCUT2D eigenvalue weighted by Crippen LogP contribution is -2.55. The van der Waals surface area contributed by atoms with Crippen molar-refractivity contribution in [2.24, 2.45) is 0 Å². The van der Waals surface area contributed by atoms with Crippen LogP contribution in [0.1, 0.15) is 110 Å². The zero-order valence-corrected chi connectivity index (χ0v) is 26.0. The first-order chi connectivity index (χ1) is 19.1. The van der Waals surface area contributed by atoms with E-state index in [1.165, 1.54) is 25.7 Å². The van der Waals surface area contributed by atoms with Crippen LogP contribution in [0.25, 0.3) is 0 Å². The molecule has 0 aliphatic heterocycles. The Morgan fingerprint density at radius 3 is 2.05 bits per heavy atom. The van der Waals surface area contributed by atoms with Crippen LogP contribution in [0.4, 0.5) is 0 Å². The highest BCUT2D eigenvalue weighted by Crippen LogP contribution is 2.11. The average Bonchev–Trinajstić information content (AvgIpc) is 2.89. The zero-order chi connectivity index (χ0) is 30.1. The number of quaternary nitrogens is 1. The van der Waals surface area contributed by atoms with Gasteiger partial charge in [0.1, 0.15) is 12.6 Å². The second-order valence-electron chi connectivity index (χ2n) is 11.3. The number of hydrogen-bond donors (Lipinski definition) is 0. The van der Waals surface area contributed by atoms with Gasteiger partial charge in [-0.15, -0.1) is 0 Å². The van der Waals surface area contributed by atoms with E-state index >= 15 is 0 Å². The number of ether oxygens (including phenoxy) is 3. The summed E-state index contributed by atoms with van der Waals surface area (Å²) in [6, 6.07) is -0.725. The number of nitrogens with zero attached hydrogens (tertiary/aromatic N) is 1. The van der Waals surface area contributed by atoms with Gasteiger partial charge in [-0.25, -0.2) is 0 Å². The molecule has 0 N–H and O–H groups in total. The molecule has 40 heavy (non-hydrogen) atoms. The molecule has 0 bridgehead atoms. The zero-order valence-electron chi connectivity index (χ0n) is 26.0. The van der Waals surface area contributed by atoms with Crippen molar-refractivity contribution in [3.05, 3.63) is 24.3 Å². The first kappa shape index (κ1) is 37.8. The van der Waals surface area contributed by atoms with E-state index in [9.17, 15) is 19.5 Å². The van der Waals surface area contributed by atoms with Gasteiger partial charge in [-0.3, -0.25) is 9.59 Å². The molecule has 232 valence electrons. The van der Waals surface area contributed by atoms with Gasteiger partial charge >= 0.3 is 11.9 Å². The molecule has 0 heterocycles. The molecule has 0 spiro atoms. The van der Waals surface area contributed by atoms with Crippen molar-refractivity contribution in [3.63, 3.8) is 0 Å². The number of rotatable bonds is 26. The minimum absolute atomic E-state index is 0.0291. The van der Waals surface area contributed by atoms with Crippen molar-refractivity contribution >= 4 is 17.9 Å². The molecule has 0 amide bonds. The van der Waals surface area contributed by atoms with Gasteiger partial charge in [0.05, 0.1) is 40.3 Å². The minimum Gasteiger partial charge on any atom is -0.544 e. The van der Waals surface area contributed by atoms with Crippen molar-refractivity contribution in [1.29, 1.82) is 0 Å². The predicted molar refractivity (Wildman–Crippen MR) is 157 cm³/mol. The van der Waals surface area contributed by atoms with E-state index in [-0.39, 0.29) is 49.1 Å². The Hall–Kier alpha value is -2.19. The molecule has 0 rings (SSSR count). The number of hydrogen-bond acceptors (Lipinski definition) is 7. The van der Waals surface area contributed by atoms with Crippen LogP contribution in [0.15, 0.2) is 24.3 Å². The fraction of sp³-hybridized carbons (Fsp3) is 0.781. The Balaban J connectivity index is 4.59. The third-order valence-corrected chi connectivity index (χ3v) is 6.60. The summed E-state index contributed by atoms with van der Waals surface area (Å²) in [7, 11) is 5.36. The quantitative estimate of drug-likeness (QED) is 0.0606. The van der Waals surface area contributed by atoms with Crippen molar-refractivity contribution in [1.82, 2.24) is 0 Å². The molecule has 0 aromatic rings. The maximum atomic E-state index is 12.5. The molecule has 0 saturated heterocycles. The van der Waals surface area contributed by atoms with Gasteiger partial charge in [0.25, 0.3) is 0 Å². The highest BCUT2D eigenvalue weighted by molar-refractivity contribution is 5.70. The van der Waals surface area contributed by atoms with E-state index in [2.05, 4.69) is 38.2 Å². The fourth-order valence-electron chi connectivity index (χ4n) is 4.16. The molecule has 2 atom stereocenters. The second-order valence-corrected chi connectivity index (χ2v) is 11.3. The number of carboxylic acids is 1. The summed E-state index contributed by atoms with van der Waals surface area (Å²) in [6.07, 6.45) is 20.9. The number of allylic oxidation sites excluding steroid dienone is 4. The number of carbonyl (C=O) groups is 3. The molecule has 0 aliphatic rings. The van der Waals surface area contributed by atoms with Crippen LogP contribution in [-0.2, 0) is 28.6 Å². The Labute approximate surface area is 243 Å². The van der Waals surface area contributed by atoms with Crippen LogP contribution in [0.5, 0.6) is 0 Å². The molecule has 8 nitrogen and oxygen atoms in total. The summed E-state index contributed by atoms with van der Waals surface area (Å²) in [5, 5.41) is 11.5. The van der Waals surface area contributed by atoms with Gasteiger partial charge in [0.2, 0.25) is 0 Å². The largest absolute Gasteiger partial charge is 0.544 e. The van der Waals surface area contributed by atoms with Crippen LogP contribution in [0.3, 0.4) is 0 Å². The number of aliphatic carboxylic acids is 1. The summed E-state index contributed by atoms with van der Waals surface area (Å²) >= 11 is 0. The molecule has 0 aromatic carbocycles. The van der Waals surface area contributed by atoms with E-state index in [1.807, 2.05) is 0 Å². The number of likely N-dealkylation sites (N-methyl/N-ethyl adjacent to an activating group) is 1. The summed E-state index contributed by atoms with van der Waals surface area (Å²) < 4.78 is 16.9. The van der Waals surface area contributed by atoms with Crippen molar-refractivity contribution in [2.75, 3.05) is 41.0 Å². The Morgan fingerprint density at radius 2 is 1.40 bits per heavy atom. The molecule has 0 aliphatic carbocycles. The van der Waals surface area contributed by atoms with Gasteiger partial charge in [-0.2, -0.15) is 0 Å². The van der Waals surface area contributed by atoms with Gasteiger partial charge in [0.15, 0.2) is 6.10 Å². The number of carbonyl (C=O) groups excluding carboxylic acids is 3. The molecule has 0 saturated carbocycles. The molecular formula is C32H57NO7. The maximum Gasteiger partial charge on any atom is 0.306 e. The van der Waals surface area contributed by atoms with E-state index < -0.39 is 18.1 Å². The standard InChI is InChI=1S/C32H57NO7/c1-6-8-10-12-14-15-17-19-21-23-31(35)40-28(26-38-25-24-29(32(36)37)33(3,4)5)27-39-30(34)22-20-18-16-13-11-9-7-2/h8,10,14-15,28-29H,6-7,9,11-13,16-27H2,1-5H3/b10-8+,15-14+. The summed E-state index contributed by atoms with van der Waals surface area (Å²) in [5.41, 5.74) is 0. The fourth-order valence-corrected chi connectivity index (χ4v) is 4.16. The molecule has 0 fully saturated rings. The highest BCUT2D eigenvalue weighted by atomic mass is 16.6. The molecular weight excluding hydrogens is 510 g/mol. The van der Waals surface area contributed by atoms with Crippen molar-refractivity contribution < 1.29 is 38.2 Å². The average molecular weight is 568 g/mol. The van der Waals surface area contributed by atoms with Crippen molar-refractivity contribution in [2.45, 2.75) is 122 Å². The first-order valence-corrected chi connectivity index (χ1v) is 15.4. The summed E-state index contributed by atoms with van der Waals surface area (Å²) in [5.74, 6) is -1.80. The topological polar surface area (TPSA) is 102 Å². The van der Waals surface area contributed by atoms with E-state index in [1.54, 1.807) is 21.1 Å². The third kappa shape index (κ3) is 22.6. The van der Waals surface area contributed by atoms with E-state index in [4.69, 9.17) is 14.2 Å². The third-order valence-electron chi connectivity index (χ3n) is 6.60. The van der Waals surface area contributed by atoms with Gasteiger partial charge in [-0.05, 0) is 38.5 Å². The monoisotopic (exact) mass is 567 g/mol. The molecule has 0 aromatic heterocycles. The molecule has 0 radical (unpaired) electrons. The highest BCUT2D eigenvalue weighted by Gasteiger charge is 2.25. The van der Waals surface area contributed by atoms with Gasteiger partial charge < -0.3 is 28.6 Å². The number of esters is 2. The lowest BCUT2D eigenvalue weighted by molar-refractivity contribution is -0.889. The number of unbranched alkanes of at least 4 members (excludes halogenated alkanes) is 8. The lowest BCUT2D eigenvalue weighted by Gasteiger charge is -2.34. The molecule has 2 unspecified atom stereocenters. The maximum absolute atomic E-state index is 12.5. The predicted octanol–water partition coefficient (Wildman–Crippen LogP) is 5.29. The lowest BCUT2D eigenvalue weighted by atomic mass is 10.1. The smallest absolute Gasteiger partial charge is 0.306 e. The van der Waals surface area contributed by atoms with Gasteiger partial charge in [-0.1, -0.05) is 76.7 Å². The Kier molecular flexibility index (Phi) is 23.2. The normalized spacial score (nSPS) is 13.5. The Bertz CT molecular complexity index is 727. The second kappa shape index (κ2) is 24.6. The van der Waals surface area contributed by atoms with Crippen LogP contribution in [0.2, 0.25) is 0 Å². The molecule has 8 heteroatoms. The minimum atomic E-state index is -1.13. The first-order valence-electron chi connectivity index (χ1n) is 15.4. The van der Waals surface area contributed by atoms with Crippen LogP contribution >= 0.6 is 0 Å². The van der Waals surface area contributed by atoms with Gasteiger partial charge in [0, 0.05) is 19.3 Å². The van der Waals surface area contributed by atoms with E-state index in [0.29, 0.717) is 12.8 Å². The number of carboxylic acid groups (broad SMARTS) is 1.